The quantitative estimate of drug-likeness (QED) is 0.576. The van der Waals surface area contributed by atoms with Crippen molar-refractivity contribution >= 4 is 11.7 Å². The van der Waals surface area contributed by atoms with Crippen LogP contribution < -0.4 is 10.1 Å². The van der Waals surface area contributed by atoms with Gasteiger partial charge < -0.3 is 25.0 Å². The number of carbonyl (C=O) groups excluding carboxylic acids is 1. The van der Waals surface area contributed by atoms with Crippen molar-refractivity contribution in [2.75, 3.05) is 52.2 Å². The van der Waals surface area contributed by atoms with Gasteiger partial charge in [-0.05, 0) is 57.3 Å². The standard InChI is InChI=1S/C27H38N6O3/c1-31(2)14-15-36-27-29-22(16-25(30-27)28-21-8-5-9-21)26(35)33-13-11-23(24(34)18-33)32-12-10-19-6-3-4-7-20(19)17-32/h3-4,6-7,16,21,23-24,34H,5,8-15,17-18H2,1-2H3,(H,28,29,30). The van der Waals surface area contributed by atoms with Crippen molar-refractivity contribution in [2.45, 2.75) is 56.8 Å². The number of rotatable bonds is 8. The molecule has 9 nitrogen and oxygen atoms in total. The number of aromatic nitrogens is 2. The number of carbonyl (C=O) groups is 1. The Hall–Kier alpha value is -2.75. The maximum absolute atomic E-state index is 13.5. The highest BCUT2D eigenvalue weighted by Crippen LogP contribution is 2.27. The summed E-state index contributed by atoms with van der Waals surface area (Å²) < 4.78 is 5.78. The number of likely N-dealkylation sites (N-methyl/N-ethyl adjacent to an activating group) is 1. The molecule has 1 saturated heterocycles. The summed E-state index contributed by atoms with van der Waals surface area (Å²) in [7, 11) is 3.96. The van der Waals surface area contributed by atoms with Gasteiger partial charge >= 0.3 is 6.01 Å². The molecule has 2 atom stereocenters. The van der Waals surface area contributed by atoms with E-state index in [9.17, 15) is 9.90 Å². The molecule has 9 heteroatoms. The van der Waals surface area contributed by atoms with Crippen LogP contribution in [0, 0.1) is 0 Å². The lowest BCUT2D eigenvalue weighted by Gasteiger charge is -2.43. The van der Waals surface area contributed by atoms with Gasteiger partial charge in [0.1, 0.15) is 18.1 Å². The lowest BCUT2D eigenvalue weighted by atomic mass is 9.93. The number of β-amino-alcohol motifs (C(OH)–C–C–N with tert-alkyl or cyclic N) is 1. The SMILES string of the molecule is CN(C)CCOc1nc(NC2CCC2)cc(C(=O)N2CCC(N3CCc4ccccc4C3)C(O)C2)n1. The average Bonchev–Trinajstić information content (AvgIpc) is 2.85. The Morgan fingerprint density at radius 2 is 1.97 bits per heavy atom. The first-order chi connectivity index (χ1) is 17.5. The van der Waals surface area contributed by atoms with Gasteiger partial charge in [-0.25, -0.2) is 0 Å². The Balaban J connectivity index is 1.25. The second-order valence-electron chi connectivity index (χ2n) is 10.5. The van der Waals surface area contributed by atoms with Crippen LogP contribution in [0.2, 0.25) is 0 Å². The van der Waals surface area contributed by atoms with Crippen LogP contribution >= 0.6 is 0 Å². The minimum Gasteiger partial charge on any atom is -0.462 e. The summed E-state index contributed by atoms with van der Waals surface area (Å²) in [6, 6.07) is 10.9. The molecule has 2 aromatic rings. The van der Waals surface area contributed by atoms with E-state index in [-0.39, 0.29) is 18.0 Å². The second-order valence-corrected chi connectivity index (χ2v) is 10.5. The zero-order chi connectivity index (χ0) is 25.1. The minimum absolute atomic E-state index is 0.0496. The van der Waals surface area contributed by atoms with Crippen LogP contribution in [0.3, 0.4) is 0 Å². The van der Waals surface area contributed by atoms with Crippen molar-refractivity contribution in [1.82, 2.24) is 24.7 Å². The fourth-order valence-electron chi connectivity index (χ4n) is 5.25. The number of ether oxygens (including phenoxy) is 1. The predicted molar refractivity (Wildman–Crippen MR) is 138 cm³/mol. The van der Waals surface area contributed by atoms with E-state index in [2.05, 4.69) is 44.5 Å². The van der Waals surface area contributed by atoms with Crippen molar-refractivity contribution in [1.29, 1.82) is 0 Å². The van der Waals surface area contributed by atoms with E-state index in [4.69, 9.17) is 4.74 Å². The molecule has 1 amide bonds. The molecule has 36 heavy (non-hydrogen) atoms. The summed E-state index contributed by atoms with van der Waals surface area (Å²) in [6.07, 6.45) is 4.54. The molecule has 2 fully saturated rings. The van der Waals surface area contributed by atoms with Crippen molar-refractivity contribution in [2.24, 2.45) is 0 Å². The van der Waals surface area contributed by atoms with E-state index in [0.717, 1.165) is 45.3 Å². The Morgan fingerprint density at radius 3 is 2.69 bits per heavy atom. The normalized spacial score (nSPS) is 22.7. The van der Waals surface area contributed by atoms with Crippen molar-refractivity contribution in [3.8, 4) is 6.01 Å². The Bertz CT molecular complexity index is 1060. The third kappa shape index (κ3) is 5.79. The molecule has 1 aliphatic carbocycles. The molecule has 1 aromatic carbocycles. The van der Waals surface area contributed by atoms with E-state index in [0.29, 0.717) is 37.3 Å². The fourth-order valence-corrected chi connectivity index (χ4v) is 5.25. The molecule has 1 aromatic heterocycles. The number of anilines is 1. The monoisotopic (exact) mass is 494 g/mol. The van der Waals surface area contributed by atoms with Crippen LogP contribution in [0.4, 0.5) is 5.82 Å². The van der Waals surface area contributed by atoms with Crippen LogP contribution in [0.1, 0.15) is 47.3 Å². The zero-order valence-electron chi connectivity index (χ0n) is 21.4. The van der Waals surface area contributed by atoms with Gasteiger partial charge in [0.25, 0.3) is 5.91 Å². The lowest BCUT2D eigenvalue weighted by molar-refractivity contribution is -0.0139. The first-order valence-corrected chi connectivity index (χ1v) is 13.2. The molecule has 2 unspecified atom stereocenters. The number of aliphatic hydroxyl groups excluding tert-OH is 1. The van der Waals surface area contributed by atoms with Crippen LogP contribution in [-0.4, -0.2) is 101 Å². The van der Waals surface area contributed by atoms with Crippen LogP contribution in [-0.2, 0) is 13.0 Å². The highest BCUT2D eigenvalue weighted by molar-refractivity contribution is 5.93. The highest BCUT2D eigenvalue weighted by atomic mass is 16.5. The van der Waals surface area contributed by atoms with Crippen LogP contribution in [0.15, 0.2) is 30.3 Å². The number of hydrogen-bond donors (Lipinski definition) is 2. The average molecular weight is 495 g/mol. The molecule has 5 rings (SSSR count). The number of hydrogen-bond acceptors (Lipinski definition) is 8. The maximum atomic E-state index is 13.5. The molecule has 0 spiro atoms. The Labute approximate surface area is 213 Å². The molecule has 0 radical (unpaired) electrons. The van der Waals surface area contributed by atoms with Crippen molar-refractivity contribution in [3.05, 3.63) is 47.2 Å². The number of nitrogens with zero attached hydrogens (tertiary/aromatic N) is 5. The maximum Gasteiger partial charge on any atom is 0.319 e. The first-order valence-electron chi connectivity index (χ1n) is 13.2. The molecular formula is C27H38N6O3. The Morgan fingerprint density at radius 1 is 1.17 bits per heavy atom. The van der Waals surface area contributed by atoms with E-state index in [1.165, 1.54) is 17.5 Å². The third-order valence-corrected chi connectivity index (χ3v) is 7.61. The molecule has 3 heterocycles. The predicted octanol–water partition coefficient (Wildman–Crippen LogP) is 2.02. The van der Waals surface area contributed by atoms with Gasteiger partial charge in [-0.2, -0.15) is 9.97 Å². The van der Waals surface area contributed by atoms with Gasteiger partial charge in [-0.1, -0.05) is 24.3 Å². The summed E-state index contributed by atoms with van der Waals surface area (Å²) in [6.45, 7) is 3.84. The second kappa shape index (κ2) is 11.1. The van der Waals surface area contributed by atoms with Gasteiger partial charge in [0.05, 0.1) is 6.10 Å². The van der Waals surface area contributed by atoms with E-state index in [1.54, 1.807) is 11.0 Å². The number of nitrogens with one attached hydrogen (secondary N) is 1. The van der Waals surface area contributed by atoms with Crippen LogP contribution in [0.25, 0.3) is 0 Å². The summed E-state index contributed by atoms with van der Waals surface area (Å²) >= 11 is 0. The number of benzene rings is 1. The minimum atomic E-state index is -0.599. The van der Waals surface area contributed by atoms with Gasteiger partial charge in [-0.15, -0.1) is 0 Å². The van der Waals surface area contributed by atoms with Gasteiger partial charge in [0.15, 0.2) is 0 Å². The van der Waals surface area contributed by atoms with Crippen molar-refractivity contribution < 1.29 is 14.6 Å². The third-order valence-electron chi connectivity index (χ3n) is 7.61. The van der Waals surface area contributed by atoms with Crippen molar-refractivity contribution in [3.63, 3.8) is 0 Å². The summed E-state index contributed by atoms with van der Waals surface area (Å²) in [5, 5.41) is 14.5. The lowest BCUT2D eigenvalue weighted by Crippen LogP contribution is -2.56. The van der Waals surface area contributed by atoms with Gasteiger partial charge in [-0.3, -0.25) is 9.69 Å². The molecule has 3 aliphatic rings. The Kier molecular flexibility index (Phi) is 7.69. The molecule has 194 valence electrons. The topological polar surface area (TPSA) is 94.1 Å². The summed E-state index contributed by atoms with van der Waals surface area (Å²) in [4.78, 5) is 28.5. The number of likely N-dealkylation sites (tertiary alicyclic amines) is 1. The smallest absolute Gasteiger partial charge is 0.319 e. The van der Waals surface area contributed by atoms with Gasteiger partial charge in [0.2, 0.25) is 0 Å². The number of fused-ring (bicyclic) bond motifs is 1. The molecular weight excluding hydrogens is 456 g/mol. The highest BCUT2D eigenvalue weighted by Gasteiger charge is 2.36. The molecule has 2 aliphatic heterocycles. The van der Waals surface area contributed by atoms with Crippen LogP contribution in [0.5, 0.6) is 6.01 Å². The molecule has 2 N–H and O–H groups in total. The van der Waals surface area contributed by atoms with E-state index in [1.807, 2.05) is 19.0 Å². The zero-order valence-corrected chi connectivity index (χ0v) is 21.4. The summed E-state index contributed by atoms with van der Waals surface area (Å²) in [5.41, 5.74) is 3.04. The molecule has 1 saturated carbocycles. The number of aliphatic hydroxyl groups is 1. The van der Waals surface area contributed by atoms with E-state index >= 15 is 0 Å². The largest absolute Gasteiger partial charge is 0.462 e. The number of amides is 1. The van der Waals surface area contributed by atoms with E-state index < -0.39 is 6.10 Å². The first kappa shape index (κ1) is 24.9. The van der Waals surface area contributed by atoms with Gasteiger partial charge in [0, 0.05) is 50.9 Å². The summed E-state index contributed by atoms with van der Waals surface area (Å²) in [5.74, 6) is 0.438. The molecule has 0 bridgehead atoms. The fraction of sp³-hybridized carbons (Fsp3) is 0.593. The number of piperidine rings is 1.